The van der Waals surface area contributed by atoms with Gasteiger partial charge in [0.2, 0.25) is 7.51 Å². The minimum absolute atomic E-state index is 0.0419. The largest absolute Gasteiger partial charge is 0.310 e. The summed E-state index contributed by atoms with van der Waals surface area (Å²) < 4.78 is 42.9. The number of fused-ring (bicyclic) bond motifs is 1. The maximum Gasteiger partial charge on any atom is 0.310 e. The van der Waals surface area contributed by atoms with Crippen molar-refractivity contribution in [2.75, 3.05) is 106 Å². The van der Waals surface area contributed by atoms with Crippen molar-refractivity contribution < 1.29 is 4.36 Å². The molecular weight excluding hydrogens is 558 g/mol. The molecule has 226 valence electrons. The van der Waals surface area contributed by atoms with Crippen LogP contribution in [0.2, 0.25) is 0 Å². The number of hydrogen-bond acceptors (Lipinski definition) is 9. The van der Waals surface area contributed by atoms with Crippen LogP contribution in [0.5, 0.6) is 0 Å². The van der Waals surface area contributed by atoms with E-state index in [1.807, 2.05) is 0 Å². The van der Waals surface area contributed by atoms with Crippen molar-refractivity contribution in [3.05, 3.63) is 0 Å². The van der Waals surface area contributed by atoms with Crippen LogP contribution in [0.15, 0.2) is 18.3 Å². The quantitative estimate of drug-likeness (QED) is 0.373. The third kappa shape index (κ3) is 5.06. The normalized spacial score (nSPS) is 32.6. The maximum atomic E-state index is 5.96. The highest BCUT2D eigenvalue weighted by molar-refractivity contribution is 7.81. The lowest BCUT2D eigenvalue weighted by atomic mass is 10.1. The van der Waals surface area contributed by atoms with Gasteiger partial charge in [-0.05, 0) is 112 Å². The molecule has 2 aliphatic rings. The first-order valence-corrected chi connectivity index (χ1v) is 19.3. The second kappa shape index (κ2) is 11.0. The monoisotopic (exact) mass is 616 g/mol. The fraction of sp³-hybridized carbons (Fsp3) is 1.00. The molecule has 0 amide bonds. The van der Waals surface area contributed by atoms with Gasteiger partial charge in [0.05, 0.1) is 25.8 Å². The maximum absolute atomic E-state index is 5.96. The average Bonchev–Trinajstić information content (AvgIpc) is 2.80. The van der Waals surface area contributed by atoms with Crippen molar-refractivity contribution in [2.24, 2.45) is 18.3 Å². The summed E-state index contributed by atoms with van der Waals surface area (Å²) in [5.41, 5.74) is -0.392. The van der Waals surface area contributed by atoms with Crippen LogP contribution in [-0.2, 0) is 0 Å². The van der Waals surface area contributed by atoms with E-state index < -0.39 is 35.6 Å². The summed E-state index contributed by atoms with van der Waals surface area (Å²) in [6, 6.07) is 0. The molecule has 17 heteroatoms. The number of quaternary nitrogens is 1. The molecule has 0 aromatic heterocycles. The van der Waals surface area contributed by atoms with E-state index in [1.165, 1.54) is 0 Å². The highest BCUT2D eigenvalue weighted by Crippen LogP contribution is 2.84. The highest BCUT2D eigenvalue weighted by Gasteiger charge is 2.60. The van der Waals surface area contributed by atoms with Gasteiger partial charge in [0, 0.05) is 7.05 Å². The van der Waals surface area contributed by atoms with Gasteiger partial charge in [0.1, 0.15) is 0 Å². The lowest BCUT2D eigenvalue weighted by Gasteiger charge is -2.56. The summed E-state index contributed by atoms with van der Waals surface area (Å²) in [5.74, 6) is 0. The third-order valence-corrected chi connectivity index (χ3v) is 24.8. The molecule has 13 nitrogen and oxygen atoms in total. The fourth-order valence-corrected chi connectivity index (χ4v) is 26.4. The van der Waals surface area contributed by atoms with Gasteiger partial charge in [-0.1, -0.05) is 4.78 Å². The second-order valence-electron chi connectivity index (χ2n) is 12.5. The molecule has 2 heterocycles. The lowest BCUT2D eigenvalue weighted by Crippen LogP contribution is -2.57. The first kappa shape index (κ1) is 34.8. The van der Waals surface area contributed by atoms with Gasteiger partial charge in [0.25, 0.3) is 0 Å². The number of hydrogen-bond donors (Lipinski definition) is 0. The number of nitrogens with zero attached hydrogens (tertiary/aromatic N) is 13. The van der Waals surface area contributed by atoms with Gasteiger partial charge in [-0.15, -0.1) is 4.52 Å². The molecule has 2 bridgehead atoms. The first-order valence-electron chi connectivity index (χ1n) is 12.9. The highest BCUT2D eigenvalue weighted by atomic mass is 31.3. The van der Waals surface area contributed by atoms with Crippen LogP contribution < -0.4 is 0 Å². The zero-order valence-electron chi connectivity index (χ0n) is 27.7. The number of rotatable bonds is 5. The molecule has 0 aliphatic carbocycles. The van der Waals surface area contributed by atoms with E-state index in [0.29, 0.717) is 4.36 Å². The van der Waals surface area contributed by atoms with E-state index in [-0.39, 0.29) is 6.17 Å². The fourth-order valence-electron chi connectivity index (χ4n) is 5.74. The lowest BCUT2D eigenvalue weighted by molar-refractivity contribution is -0.875. The van der Waals surface area contributed by atoms with Gasteiger partial charge >= 0.3 is 15.0 Å². The molecule has 0 aromatic rings. The Morgan fingerprint density at radius 3 is 1.47 bits per heavy atom. The molecule has 0 saturated carbocycles. The summed E-state index contributed by atoms with van der Waals surface area (Å²) in [5, 5.41) is 0. The second-order valence-corrected chi connectivity index (χ2v) is 26.0. The summed E-state index contributed by atoms with van der Waals surface area (Å²) in [6.45, 7) is 8.73. The molecule has 2 aliphatic heterocycles. The van der Waals surface area contributed by atoms with E-state index in [9.17, 15) is 0 Å². The van der Waals surface area contributed by atoms with E-state index in [4.69, 9.17) is 18.3 Å². The Hall–Kier alpha value is 0.560. The minimum Gasteiger partial charge on any atom is -0.252 e. The van der Waals surface area contributed by atoms with Crippen LogP contribution in [-0.4, -0.2) is 159 Å². The van der Waals surface area contributed by atoms with Gasteiger partial charge < -0.3 is 0 Å². The van der Waals surface area contributed by atoms with Crippen molar-refractivity contribution in [3.63, 3.8) is 0 Å². The standard InChI is InChI=1S/C21H58N13P4/c1-20-31(15)36(26(5)6,27(7)8)23-35(22-21(2,3)4)24-37(28(9)10,32(20)16)33(17)34(18,19)38(25-35,29(11)12)30(13)14/h20H,1-19H3/q+1. The molecule has 3 atom stereocenters. The zero-order chi connectivity index (χ0) is 30.0. The molecule has 0 aromatic carbocycles. The Balaban J connectivity index is 3.62. The van der Waals surface area contributed by atoms with Gasteiger partial charge in [-0.2, -0.15) is 13.4 Å². The molecule has 2 rings (SSSR count). The Morgan fingerprint density at radius 1 is 0.684 bits per heavy atom. The van der Waals surface area contributed by atoms with Crippen LogP contribution >= 0.6 is 30.0 Å². The summed E-state index contributed by atoms with van der Waals surface area (Å²) in [7, 11) is 22.0. The smallest absolute Gasteiger partial charge is 0.252 e. The summed E-state index contributed by atoms with van der Waals surface area (Å²) in [4.78, 5) is 0. The molecule has 0 N–H and O–H groups in total. The predicted octanol–water partition coefficient (Wildman–Crippen LogP) is 5.54. The Labute approximate surface area is 235 Å². The summed E-state index contributed by atoms with van der Waals surface area (Å²) >= 11 is 0. The van der Waals surface area contributed by atoms with Crippen molar-refractivity contribution in [2.45, 2.75) is 39.4 Å². The minimum atomic E-state index is -3.07. The van der Waals surface area contributed by atoms with Crippen molar-refractivity contribution in [1.29, 1.82) is 0 Å². The van der Waals surface area contributed by atoms with Gasteiger partial charge in [-0.25, -0.2) is 28.1 Å². The molecule has 0 radical (unpaired) electrons. The van der Waals surface area contributed by atoms with Crippen molar-refractivity contribution in [3.8, 4) is 0 Å². The van der Waals surface area contributed by atoms with Gasteiger partial charge in [-0.3, -0.25) is 9.34 Å². The molecule has 0 spiro atoms. The molecular formula is C21H58N13P4+. The van der Waals surface area contributed by atoms with E-state index >= 15 is 0 Å². The third-order valence-electron chi connectivity index (χ3n) is 7.52. The first-order chi connectivity index (χ1) is 16.9. The molecule has 3 unspecified atom stereocenters. The van der Waals surface area contributed by atoms with Crippen molar-refractivity contribution >= 4 is 30.0 Å². The Kier molecular flexibility index (Phi) is 10.1. The molecule has 0 fully saturated rings. The van der Waals surface area contributed by atoms with Crippen LogP contribution in [0.1, 0.15) is 27.7 Å². The van der Waals surface area contributed by atoms with E-state index in [0.717, 1.165) is 0 Å². The SMILES string of the molecule is CC1N(C)P(N(C)C)(N(C)C)=NP2(=NC(C)(C)C)N=P(N(C)C)(N1C)N(C)[N+](C)(C)P(N(C)C)(N(C)C)=N2. The zero-order valence-corrected chi connectivity index (χ0v) is 31.3. The van der Waals surface area contributed by atoms with Crippen LogP contribution in [0, 0.1) is 0 Å². The van der Waals surface area contributed by atoms with Crippen LogP contribution in [0.3, 0.4) is 0 Å². The van der Waals surface area contributed by atoms with Crippen molar-refractivity contribution in [1.82, 2.24) is 37.5 Å². The van der Waals surface area contributed by atoms with Crippen LogP contribution in [0.25, 0.3) is 0 Å². The van der Waals surface area contributed by atoms with E-state index in [1.54, 1.807) is 0 Å². The summed E-state index contributed by atoms with van der Waals surface area (Å²) in [6.07, 6.45) is 0.0419. The molecule has 38 heavy (non-hydrogen) atoms. The topological polar surface area (TPSA) is 75.4 Å². The Morgan fingerprint density at radius 2 is 1.13 bits per heavy atom. The van der Waals surface area contributed by atoms with Gasteiger partial charge in [0.15, 0.2) is 7.51 Å². The van der Waals surface area contributed by atoms with Crippen LogP contribution in [0.4, 0.5) is 0 Å². The Bertz CT molecular complexity index is 1090. The average molecular weight is 617 g/mol. The molecule has 0 saturated heterocycles. The van der Waals surface area contributed by atoms with E-state index in [2.05, 4.69) is 171 Å². The predicted molar refractivity (Wildman–Crippen MR) is 170 cm³/mol.